The molecule has 0 unspecified atom stereocenters. The fraction of sp³-hybridized carbons (Fsp3) is 0.529. The minimum atomic E-state index is -0.511. The van der Waals surface area contributed by atoms with Gasteiger partial charge < -0.3 is 10.2 Å². The number of hydrogen-bond donors (Lipinski definition) is 1. The molecule has 2 rings (SSSR count). The first kappa shape index (κ1) is 16.7. The monoisotopic (exact) mass is 317 g/mol. The van der Waals surface area contributed by atoms with Gasteiger partial charge in [-0.2, -0.15) is 17.0 Å². The summed E-state index contributed by atoms with van der Waals surface area (Å²) < 4.78 is 0. The molecule has 0 aliphatic carbocycles. The zero-order valence-electron chi connectivity index (χ0n) is 13.4. The molecule has 1 atom stereocenters. The summed E-state index contributed by atoms with van der Waals surface area (Å²) in [7, 11) is 0. The third-order valence-corrected chi connectivity index (χ3v) is 4.92. The van der Waals surface area contributed by atoms with Crippen molar-refractivity contribution in [3.63, 3.8) is 0 Å². The van der Waals surface area contributed by atoms with E-state index in [1.807, 2.05) is 54.8 Å². The van der Waals surface area contributed by atoms with Gasteiger partial charge >= 0.3 is 6.03 Å². The van der Waals surface area contributed by atoms with E-state index in [9.17, 15) is 4.79 Å². The highest BCUT2D eigenvalue weighted by molar-refractivity contribution is 7.98. The van der Waals surface area contributed by atoms with Gasteiger partial charge in [0.05, 0.1) is 11.5 Å². The van der Waals surface area contributed by atoms with E-state index in [1.54, 1.807) is 0 Å². The van der Waals surface area contributed by atoms with E-state index in [-0.39, 0.29) is 6.03 Å². The van der Waals surface area contributed by atoms with E-state index in [0.717, 1.165) is 36.5 Å². The van der Waals surface area contributed by atoms with Crippen LogP contribution in [-0.2, 0) is 5.41 Å². The van der Waals surface area contributed by atoms with E-state index >= 15 is 0 Å². The van der Waals surface area contributed by atoms with Crippen LogP contribution in [0.4, 0.5) is 10.5 Å². The topological polar surface area (TPSA) is 56.1 Å². The summed E-state index contributed by atoms with van der Waals surface area (Å²) in [5.41, 5.74) is 1.22. The maximum atomic E-state index is 12.3. The maximum Gasteiger partial charge on any atom is 0.321 e. The van der Waals surface area contributed by atoms with Crippen molar-refractivity contribution < 1.29 is 4.79 Å². The highest BCUT2D eigenvalue weighted by atomic mass is 32.2. The second-order valence-electron chi connectivity index (χ2n) is 6.30. The van der Waals surface area contributed by atoms with Crippen LogP contribution in [0.3, 0.4) is 0 Å². The first-order valence-electron chi connectivity index (χ1n) is 7.53. The number of rotatable bonds is 4. The van der Waals surface area contributed by atoms with Gasteiger partial charge in [-0.15, -0.1) is 0 Å². The molecular weight excluding hydrogens is 294 g/mol. The molecule has 1 N–H and O–H groups in total. The van der Waals surface area contributed by atoms with Crippen LogP contribution >= 0.6 is 11.8 Å². The molecule has 1 saturated heterocycles. The minimum absolute atomic E-state index is 0.0316. The van der Waals surface area contributed by atoms with Crippen molar-refractivity contribution in [2.45, 2.75) is 25.7 Å². The number of benzene rings is 1. The number of urea groups is 1. The standard InChI is InChI=1S/C17H23N3OS/c1-17(2,12-18)14-4-6-15(7-5-14)19-16(21)20-9-8-13(10-20)11-22-3/h4-7,13H,8-11H2,1-3H3,(H,19,21)/t13-/m0/s1. The number of thioether (sulfide) groups is 1. The van der Waals surface area contributed by atoms with Crippen LogP contribution in [0.15, 0.2) is 24.3 Å². The van der Waals surface area contributed by atoms with Crippen LogP contribution in [0.2, 0.25) is 0 Å². The molecule has 1 aliphatic heterocycles. The first-order valence-corrected chi connectivity index (χ1v) is 8.92. The van der Waals surface area contributed by atoms with Crippen molar-refractivity contribution in [3.05, 3.63) is 29.8 Å². The predicted molar refractivity (Wildman–Crippen MR) is 92.2 cm³/mol. The van der Waals surface area contributed by atoms with Crippen molar-refractivity contribution in [2.75, 3.05) is 30.4 Å². The molecule has 1 fully saturated rings. The summed E-state index contributed by atoms with van der Waals surface area (Å²) in [5.74, 6) is 1.72. The van der Waals surface area contributed by atoms with Crippen LogP contribution in [0.5, 0.6) is 0 Å². The molecule has 1 aromatic carbocycles. The third kappa shape index (κ3) is 3.95. The quantitative estimate of drug-likeness (QED) is 0.921. The van der Waals surface area contributed by atoms with Gasteiger partial charge in [-0.05, 0) is 55.9 Å². The summed E-state index contributed by atoms with van der Waals surface area (Å²) in [6.45, 7) is 5.44. The Labute approximate surface area is 136 Å². The average Bonchev–Trinajstić information content (AvgIpc) is 2.97. The highest BCUT2D eigenvalue weighted by Gasteiger charge is 2.26. The summed E-state index contributed by atoms with van der Waals surface area (Å²) in [4.78, 5) is 14.1. The fourth-order valence-corrected chi connectivity index (χ4v) is 3.37. The molecule has 0 spiro atoms. The number of hydrogen-bond acceptors (Lipinski definition) is 3. The van der Waals surface area contributed by atoms with E-state index in [4.69, 9.17) is 5.26 Å². The van der Waals surface area contributed by atoms with Gasteiger partial charge in [0.25, 0.3) is 0 Å². The van der Waals surface area contributed by atoms with Crippen LogP contribution in [0.25, 0.3) is 0 Å². The van der Waals surface area contributed by atoms with Gasteiger partial charge in [0.1, 0.15) is 0 Å². The van der Waals surface area contributed by atoms with Gasteiger partial charge in [0.15, 0.2) is 0 Å². The number of anilines is 1. The van der Waals surface area contributed by atoms with Crippen LogP contribution in [0.1, 0.15) is 25.8 Å². The normalized spacial score (nSPS) is 18.1. The lowest BCUT2D eigenvalue weighted by atomic mass is 9.86. The van der Waals surface area contributed by atoms with Crippen molar-refractivity contribution in [1.29, 1.82) is 5.26 Å². The van der Waals surface area contributed by atoms with E-state index < -0.39 is 5.41 Å². The van der Waals surface area contributed by atoms with Crippen molar-refractivity contribution in [3.8, 4) is 6.07 Å². The Kier molecular flexibility index (Phi) is 5.36. The van der Waals surface area contributed by atoms with Crippen molar-refractivity contribution >= 4 is 23.5 Å². The molecule has 2 amide bonds. The van der Waals surface area contributed by atoms with Crippen LogP contribution in [-0.4, -0.2) is 36.0 Å². The fourth-order valence-electron chi connectivity index (χ4n) is 2.63. The lowest BCUT2D eigenvalue weighted by Crippen LogP contribution is -2.33. The van der Waals surface area contributed by atoms with Crippen molar-refractivity contribution in [1.82, 2.24) is 4.90 Å². The first-order chi connectivity index (χ1) is 10.5. The Bertz CT molecular complexity index is 562. The maximum absolute atomic E-state index is 12.3. The number of likely N-dealkylation sites (tertiary alicyclic amines) is 1. The molecular formula is C17H23N3OS. The lowest BCUT2D eigenvalue weighted by molar-refractivity contribution is 0.221. The molecule has 1 aliphatic rings. The summed E-state index contributed by atoms with van der Waals surface area (Å²) in [5, 5.41) is 12.1. The highest BCUT2D eigenvalue weighted by Crippen LogP contribution is 2.24. The SMILES string of the molecule is CSC[C@H]1CCN(C(=O)Nc2ccc(C(C)(C)C#N)cc2)C1. The van der Waals surface area contributed by atoms with Crippen LogP contribution in [0, 0.1) is 17.2 Å². The summed E-state index contributed by atoms with van der Waals surface area (Å²) >= 11 is 1.84. The largest absolute Gasteiger partial charge is 0.324 e. The minimum Gasteiger partial charge on any atom is -0.324 e. The molecule has 0 saturated carbocycles. The number of nitrogens with one attached hydrogen (secondary N) is 1. The number of carbonyl (C=O) groups excluding carboxylic acids is 1. The molecule has 5 heteroatoms. The molecule has 118 valence electrons. The van der Waals surface area contributed by atoms with E-state index in [2.05, 4.69) is 17.6 Å². The average molecular weight is 317 g/mol. The van der Waals surface area contributed by atoms with Gasteiger partial charge in [0.2, 0.25) is 0 Å². The predicted octanol–water partition coefficient (Wildman–Crippen LogP) is 3.70. The van der Waals surface area contributed by atoms with Gasteiger partial charge in [0, 0.05) is 18.8 Å². The summed E-state index contributed by atoms with van der Waals surface area (Å²) in [6.07, 6.45) is 3.19. The second-order valence-corrected chi connectivity index (χ2v) is 7.21. The van der Waals surface area contributed by atoms with Gasteiger partial charge in [-0.1, -0.05) is 12.1 Å². The van der Waals surface area contributed by atoms with Crippen molar-refractivity contribution in [2.24, 2.45) is 5.92 Å². The number of carbonyl (C=O) groups is 1. The van der Waals surface area contributed by atoms with Gasteiger partial charge in [-0.3, -0.25) is 0 Å². The Morgan fingerprint density at radius 2 is 2.14 bits per heavy atom. The number of nitrogens with zero attached hydrogens (tertiary/aromatic N) is 2. The Morgan fingerprint density at radius 3 is 2.73 bits per heavy atom. The Balaban J connectivity index is 1.94. The molecule has 4 nitrogen and oxygen atoms in total. The Morgan fingerprint density at radius 1 is 1.45 bits per heavy atom. The van der Waals surface area contributed by atoms with Gasteiger partial charge in [-0.25, -0.2) is 4.79 Å². The Hall–Kier alpha value is -1.67. The third-order valence-electron chi connectivity index (χ3n) is 4.11. The molecule has 1 heterocycles. The molecule has 1 aromatic rings. The second kappa shape index (κ2) is 7.06. The molecule has 0 aromatic heterocycles. The lowest BCUT2D eigenvalue weighted by Gasteiger charge is -2.19. The zero-order valence-corrected chi connectivity index (χ0v) is 14.2. The van der Waals surface area contributed by atoms with E-state index in [1.165, 1.54) is 0 Å². The molecule has 0 bridgehead atoms. The smallest absolute Gasteiger partial charge is 0.321 e. The molecule has 22 heavy (non-hydrogen) atoms. The van der Waals surface area contributed by atoms with Crippen LogP contribution < -0.4 is 5.32 Å². The molecule has 0 radical (unpaired) electrons. The summed E-state index contributed by atoms with van der Waals surface area (Å²) in [6, 6.07) is 9.78. The zero-order chi connectivity index (χ0) is 16.2. The van der Waals surface area contributed by atoms with E-state index in [0.29, 0.717) is 5.92 Å². The number of nitriles is 1. The number of amides is 2.